The zero-order valence-electron chi connectivity index (χ0n) is 13.2. The van der Waals surface area contributed by atoms with E-state index in [9.17, 15) is 0 Å². The van der Waals surface area contributed by atoms with Crippen molar-refractivity contribution < 1.29 is 4.74 Å². The van der Waals surface area contributed by atoms with Crippen molar-refractivity contribution in [1.82, 2.24) is 19.5 Å². The molecule has 1 fully saturated rings. The van der Waals surface area contributed by atoms with Gasteiger partial charge in [0.1, 0.15) is 11.6 Å². The van der Waals surface area contributed by atoms with E-state index in [4.69, 9.17) is 4.74 Å². The molecule has 0 spiro atoms. The average Bonchev–Trinajstić information content (AvgIpc) is 3.18. The number of aromatic nitrogens is 4. The molecule has 0 aliphatic heterocycles. The fraction of sp³-hybridized carbons (Fsp3) is 0.562. The number of hydrogen-bond donors (Lipinski definition) is 1. The lowest BCUT2D eigenvalue weighted by Crippen LogP contribution is -2.18. The minimum Gasteiger partial charge on any atom is -0.382 e. The molecule has 6 heteroatoms. The molecule has 1 N–H and O–H groups in total. The van der Waals surface area contributed by atoms with Crippen molar-refractivity contribution in [3.8, 4) is 5.95 Å². The van der Waals surface area contributed by atoms with E-state index in [0.717, 1.165) is 37.8 Å². The molecule has 3 rings (SSSR count). The number of nitrogens with one attached hydrogen (secondary N) is 1. The van der Waals surface area contributed by atoms with Gasteiger partial charge in [-0.1, -0.05) is 0 Å². The third-order valence-electron chi connectivity index (χ3n) is 4.27. The largest absolute Gasteiger partial charge is 0.382 e. The molecule has 2 heterocycles. The minimum absolute atomic E-state index is 0.394. The van der Waals surface area contributed by atoms with Crippen LogP contribution in [0.15, 0.2) is 24.7 Å². The van der Waals surface area contributed by atoms with Gasteiger partial charge in [-0.3, -0.25) is 4.57 Å². The lowest BCUT2D eigenvalue weighted by atomic mass is 10.0. The number of imidazole rings is 1. The molecule has 1 saturated carbocycles. The molecule has 0 bridgehead atoms. The summed E-state index contributed by atoms with van der Waals surface area (Å²) in [6, 6.07) is 1.91. The summed E-state index contributed by atoms with van der Waals surface area (Å²) in [5, 5.41) is 3.46. The quantitative estimate of drug-likeness (QED) is 0.759. The second kappa shape index (κ2) is 6.44. The van der Waals surface area contributed by atoms with E-state index >= 15 is 0 Å². The Balaban J connectivity index is 1.61. The number of ether oxygens (including phenoxy) is 1. The van der Waals surface area contributed by atoms with E-state index in [-0.39, 0.29) is 0 Å². The number of anilines is 1. The molecule has 1 aliphatic rings. The average molecular weight is 301 g/mol. The number of hydrogen-bond acceptors (Lipinski definition) is 5. The number of aryl methyl sites for hydroxylation is 1. The van der Waals surface area contributed by atoms with E-state index in [1.807, 2.05) is 30.7 Å². The van der Waals surface area contributed by atoms with Gasteiger partial charge < -0.3 is 10.1 Å². The standard InChI is InChI=1S/C16H23N5O/c1-3-22-11-7-16(5-6-16)12-19-14-4-8-18-15(20-14)21-10-9-17-13(21)2/h4,8-10H,3,5-7,11-12H2,1-2H3,(H,18,19,20). The van der Waals surface area contributed by atoms with E-state index < -0.39 is 0 Å². The first-order valence-corrected chi connectivity index (χ1v) is 7.87. The third-order valence-corrected chi connectivity index (χ3v) is 4.27. The van der Waals surface area contributed by atoms with E-state index in [2.05, 4.69) is 20.3 Å². The first kappa shape index (κ1) is 15.0. The molecule has 0 atom stereocenters. The predicted molar refractivity (Wildman–Crippen MR) is 85.2 cm³/mol. The first-order valence-electron chi connectivity index (χ1n) is 7.87. The molecule has 2 aromatic rings. The molecule has 2 aromatic heterocycles. The van der Waals surface area contributed by atoms with E-state index in [1.165, 1.54) is 12.8 Å². The summed E-state index contributed by atoms with van der Waals surface area (Å²) in [5.74, 6) is 2.40. The maximum atomic E-state index is 5.48. The fourth-order valence-electron chi connectivity index (χ4n) is 2.56. The van der Waals surface area contributed by atoms with Crippen molar-refractivity contribution in [2.24, 2.45) is 5.41 Å². The van der Waals surface area contributed by atoms with Crippen LogP contribution in [0.1, 0.15) is 32.0 Å². The Labute approximate surface area is 131 Å². The smallest absolute Gasteiger partial charge is 0.237 e. The summed E-state index contributed by atoms with van der Waals surface area (Å²) in [5.41, 5.74) is 0.394. The summed E-state index contributed by atoms with van der Waals surface area (Å²) < 4.78 is 7.36. The molecular weight excluding hydrogens is 278 g/mol. The van der Waals surface area contributed by atoms with Crippen LogP contribution in [-0.2, 0) is 4.74 Å². The van der Waals surface area contributed by atoms with Gasteiger partial charge in [-0.2, -0.15) is 4.98 Å². The van der Waals surface area contributed by atoms with Crippen LogP contribution in [0.25, 0.3) is 5.95 Å². The second-order valence-electron chi connectivity index (χ2n) is 5.89. The summed E-state index contributed by atoms with van der Waals surface area (Å²) >= 11 is 0. The van der Waals surface area contributed by atoms with Crippen LogP contribution >= 0.6 is 0 Å². The lowest BCUT2D eigenvalue weighted by molar-refractivity contribution is 0.130. The van der Waals surface area contributed by atoms with Crippen molar-refractivity contribution in [2.75, 3.05) is 25.1 Å². The maximum Gasteiger partial charge on any atom is 0.237 e. The van der Waals surface area contributed by atoms with Gasteiger partial charge >= 0.3 is 0 Å². The Morgan fingerprint density at radius 2 is 2.18 bits per heavy atom. The van der Waals surface area contributed by atoms with Crippen LogP contribution in [0, 0.1) is 12.3 Å². The summed E-state index contributed by atoms with van der Waals surface area (Å²) in [6.45, 7) is 6.57. The molecule has 0 amide bonds. The monoisotopic (exact) mass is 301 g/mol. The van der Waals surface area contributed by atoms with Gasteiger partial charge in [0.25, 0.3) is 0 Å². The van der Waals surface area contributed by atoms with Crippen LogP contribution in [0.3, 0.4) is 0 Å². The van der Waals surface area contributed by atoms with Gasteiger partial charge in [-0.25, -0.2) is 9.97 Å². The zero-order chi connectivity index (χ0) is 15.4. The Morgan fingerprint density at radius 1 is 1.32 bits per heavy atom. The topological polar surface area (TPSA) is 64.9 Å². The number of nitrogens with zero attached hydrogens (tertiary/aromatic N) is 4. The van der Waals surface area contributed by atoms with Crippen molar-refractivity contribution >= 4 is 5.82 Å². The second-order valence-corrected chi connectivity index (χ2v) is 5.89. The third kappa shape index (κ3) is 3.44. The molecule has 1 aliphatic carbocycles. The van der Waals surface area contributed by atoms with Gasteiger partial charge in [0, 0.05) is 38.3 Å². The van der Waals surface area contributed by atoms with Gasteiger partial charge in [-0.15, -0.1) is 0 Å². The molecule has 0 aromatic carbocycles. The highest BCUT2D eigenvalue weighted by molar-refractivity contribution is 5.36. The van der Waals surface area contributed by atoms with Crippen LogP contribution in [0.2, 0.25) is 0 Å². The Morgan fingerprint density at radius 3 is 2.86 bits per heavy atom. The molecular formula is C16H23N5O. The number of rotatable bonds is 8. The minimum atomic E-state index is 0.394. The van der Waals surface area contributed by atoms with Gasteiger partial charge in [0.05, 0.1) is 0 Å². The lowest BCUT2D eigenvalue weighted by Gasteiger charge is -2.16. The predicted octanol–water partition coefficient (Wildman–Crippen LogP) is 2.59. The molecule has 22 heavy (non-hydrogen) atoms. The highest BCUT2D eigenvalue weighted by Gasteiger charge is 2.41. The molecule has 0 radical (unpaired) electrons. The first-order chi connectivity index (χ1) is 10.7. The van der Waals surface area contributed by atoms with Crippen LogP contribution in [0.4, 0.5) is 5.82 Å². The SMILES string of the molecule is CCOCCC1(CNc2ccnc(-n3ccnc3C)n2)CC1. The van der Waals surface area contributed by atoms with Crippen molar-refractivity contribution in [1.29, 1.82) is 0 Å². The van der Waals surface area contributed by atoms with E-state index in [1.54, 1.807) is 12.4 Å². The molecule has 6 nitrogen and oxygen atoms in total. The zero-order valence-corrected chi connectivity index (χ0v) is 13.2. The van der Waals surface area contributed by atoms with Gasteiger partial charge in [-0.05, 0) is 44.6 Å². The Bertz CT molecular complexity index is 621. The van der Waals surface area contributed by atoms with Gasteiger partial charge in [0.15, 0.2) is 0 Å². The molecule has 0 unspecified atom stereocenters. The Hall–Kier alpha value is -1.95. The molecule has 118 valence electrons. The fourth-order valence-corrected chi connectivity index (χ4v) is 2.56. The summed E-state index contributed by atoms with van der Waals surface area (Å²) in [7, 11) is 0. The highest BCUT2D eigenvalue weighted by Crippen LogP contribution is 2.48. The van der Waals surface area contributed by atoms with Crippen LogP contribution < -0.4 is 5.32 Å². The van der Waals surface area contributed by atoms with Gasteiger partial charge in [0.2, 0.25) is 5.95 Å². The summed E-state index contributed by atoms with van der Waals surface area (Å²) in [4.78, 5) is 13.1. The Kier molecular flexibility index (Phi) is 4.38. The summed E-state index contributed by atoms with van der Waals surface area (Å²) in [6.07, 6.45) is 9.07. The van der Waals surface area contributed by atoms with E-state index in [0.29, 0.717) is 11.4 Å². The molecule has 0 saturated heterocycles. The van der Waals surface area contributed by atoms with Crippen molar-refractivity contribution in [2.45, 2.75) is 33.1 Å². The normalized spacial score (nSPS) is 15.7. The van der Waals surface area contributed by atoms with Crippen LogP contribution in [-0.4, -0.2) is 39.3 Å². The highest BCUT2D eigenvalue weighted by atomic mass is 16.5. The maximum absolute atomic E-state index is 5.48. The van der Waals surface area contributed by atoms with Crippen LogP contribution in [0.5, 0.6) is 0 Å². The van der Waals surface area contributed by atoms with Crippen molar-refractivity contribution in [3.63, 3.8) is 0 Å². The van der Waals surface area contributed by atoms with Crippen molar-refractivity contribution in [3.05, 3.63) is 30.5 Å².